The molecule has 0 aliphatic rings. The molecule has 0 N–H and O–H groups in total. The first kappa shape index (κ1) is 21.7. The Morgan fingerprint density at radius 3 is 1.43 bits per heavy atom. The van der Waals surface area contributed by atoms with Gasteiger partial charge in [0.2, 0.25) is 11.8 Å². The number of hydrogen-bond acceptors (Lipinski definition) is 8. The lowest BCUT2D eigenvalue weighted by molar-refractivity contribution is 0.621. The highest BCUT2D eigenvalue weighted by molar-refractivity contribution is 7.23. The lowest BCUT2D eigenvalue weighted by Gasteiger charge is -1.96. The molecule has 0 aliphatic heterocycles. The maximum Gasteiger partial charge on any atom is 0.237 e. The van der Waals surface area contributed by atoms with Gasteiger partial charge >= 0.3 is 0 Å². The SMILES string of the molecule is c1cc2cc3sc(-c4nc5cc6cc7oc(-c8cc9cc%10sccc%10cc9s8)nc7cc6cc5o4)cc3cc2s1. The van der Waals surface area contributed by atoms with Gasteiger partial charge in [-0.15, -0.1) is 45.3 Å². The Balaban J connectivity index is 1.07. The summed E-state index contributed by atoms with van der Waals surface area (Å²) in [4.78, 5) is 11.8. The fraction of sp³-hybridized carbons (Fsp3) is 0. The number of aromatic nitrogens is 2. The van der Waals surface area contributed by atoms with Crippen LogP contribution in [0.4, 0.5) is 0 Å². The summed E-state index contributed by atoms with van der Waals surface area (Å²) in [7, 11) is 0. The van der Waals surface area contributed by atoms with Gasteiger partial charge in [0.15, 0.2) is 11.2 Å². The lowest BCUT2D eigenvalue weighted by Crippen LogP contribution is -1.76. The molecular weight excluding hydrogens is 573 g/mol. The molecule has 188 valence electrons. The van der Waals surface area contributed by atoms with Crippen LogP contribution in [0.15, 0.2) is 92.4 Å². The summed E-state index contributed by atoms with van der Waals surface area (Å²) in [6.07, 6.45) is 0. The van der Waals surface area contributed by atoms with Gasteiger partial charge in [0.1, 0.15) is 11.0 Å². The van der Waals surface area contributed by atoms with Crippen LogP contribution in [0.3, 0.4) is 0 Å². The van der Waals surface area contributed by atoms with E-state index in [4.69, 9.17) is 18.8 Å². The van der Waals surface area contributed by atoms with Gasteiger partial charge in [-0.3, -0.25) is 0 Å². The zero-order valence-corrected chi connectivity index (χ0v) is 23.7. The van der Waals surface area contributed by atoms with Gasteiger partial charge in [0.25, 0.3) is 0 Å². The van der Waals surface area contributed by atoms with Crippen molar-refractivity contribution in [2.45, 2.75) is 0 Å². The van der Waals surface area contributed by atoms with Crippen LogP contribution < -0.4 is 0 Å². The van der Waals surface area contributed by atoms with Crippen LogP contribution in [-0.4, -0.2) is 9.97 Å². The molecule has 0 unspecified atom stereocenters. The molecule has 0 saturated carbocycles. The quantitative estimate of drug-likeness (QED) is 0.202. The summed E-state index contributed by atoms with van der Waals surface area (Å²) >= 11 is 6.97. The second kappa shape index (κ2) is 7.77. The van der Waals surface area contributed by atoms with Crippen LogP contribution in [-0.2, 0) is 0 Å². The van der Waals surface area contributed by atoms with E-state index in [0.29, 0.717) is 11.8 Å². The van der Waals surface area contributed by atoms with Crippen LogP contribution in [0.1, 0.15) is 0 Å². The average Bonchev–Trinajstić information content (AvgIpc) is 3.78. The Labute approximate surface area is 241 Å². The van der Waals surface area contributed by atoms with Crippen molar-refractivity contribution < 1.29 is 8.83 Å². The summed E-state index contributed by atoms with van der Waals surface area (Å²) in [5.41, 5.74) is 3.22. The maximum absolute atomic E-state index is 6.28. The zero-order valence-electron chi connectivity index (χ0n) is 20.4. The minimum Gasteiger partial charge on any atom is -0.435 e. The number of hydrogen-bond donors (Lipinski definition) is 0. The fourth-order valence-electron chi connectivity index (χ4n) is 5.51. The summed E-state index contributed by atoms with van der Waals surface area (Å²) in [6.45, 7) is 0. The van der Waals surface area contributed by atoms with Crippen molar-refractivity contribution in [3.63, 3.8) is 0 Å². The highest BCUT2D eigenvalue weighted by atomic mass is 32.1. The van der Waals surface area contributed by atoms with E-state index in [2.05, 4.69) is 83.6 Å². The number of nitrogens with zero attached hydrogens (tertiary/aromatic N) is 2. The second-order valence-electron chi connectivity index (χ2n) is 9.94. The van der Waals surface area contributed by atoms with E-state index >= 15 is 0 Å². The van der Waals surface area contributed by atoms with Crippen molar-refractivity contribution in [2.24, 2.45) is 0 Å². The van der Waals surface area contributed by atoms with Crippen molar-refractivity contribution in [3.8, 4) is 21.5 Å². The molecule has 0 bridgehead atoms. The molecule has 0 radical (unpaired) electrons. The standard InChI is InChI=1S/C32H14N2O2S4/c1-3-37-25-11-19-13-29(39-27(19)9-15(1)25)31-33-21-5-17-8-24-22(6-18(17)7-23(21)35-31)34-32(36-24)30-14-20-12-26-16(2-4-38-26)10-28(20)40-30/h1-14H. The first-order valence-electron chi connectivity index (χ1n) is 12.7. The van der Waals surface area contributed by atoms with Gasteiger partial charge in [-0.2, -0.15) is 0 Å². The van der Waals surface area contributed by atoms with E-state index < -0.39 is 0 Å². The summed E-state index contributed by atoms with van der Waals surface area (Å²) in [5.74, 6) is 1.31. The minimum absolute atomic E-state index is 0.656. The zero-order chi connectivity index (χ0) is 25.9. The molecule has 0 aliphatic carbocycles. The summed E-state index contributed by atoms with van der Waals surface area (Å²) in [6, 6.07) is 26.0. The molecule has 8 heteroatoms. The Kier molecular flexibility index (Phi) is 4.22. The largest absolute Gasteiger partial charge is 0.435 e. The molecule has 0 atom stereocenters. The van der Waals surface area contributed by atoms with Gasteiger partial charge in [0.05, 0.1) is 9.75 Å². The Bertz CT molecular complexity index is 2280. The van der Waals surface area contributed by atoms with E-state index in [1.807, 2.05) is 0 Å². The molecule has 40 heavy (non-hydrogen) atoms. The number of fused-ring (bicyclic) bond motifs is 7. The predicted octanol–water partition coefficient (Wildman–Crippen LogP) is 11.3. The number of oxazole rings is 2. The molecule has 0 spiro atoms. The minimum atomic E-state index is 0.656. The third-order valence-electron chi connectivity index (χ3n) is 7.46. The lowest BCUT2D eigenvalue weighted by atomic mass is 10.1. The number of rotatable bonds is 2. The van der Waals surface area contributed by atoms with E-state index in [-0.39, 0.29) is 0 Å². The van der Waals surface area contributed by atoms with E-state index in [0.717, 1.165) is 42.7 Å². The Hall–Kier alpha value is -4.08. The smallest absolute Gasteiger partial charge is 0.237 e. The second-order valence-corrected chi connectivity index (χ2v) is 14.0. The third-order valence-corrected chi connectivity index (χ3v) is 11.4. The summed E-state index contributed by atoms with van der Waals surface area (Å²) < 4.78 is 17.6. The monoisotopic (exact) mass is 586 g/mol. The third kappa shape index (κ3) is 3.16. The van der Waals surface area contributed by atoms with Gasteiger partial charge in [-0.1, -0.05) is 0 Å². The highest BCUT2D eigenvalue weighted by Gasteiger charge is 2.16. The topological polar surface area (TPSA) is 52.1 Å². The van der Waals surface area contributed by atoms with Crippen LogP contribution >= 0.6 is 45.3 Å². The predicted molar refractivity (Wildman–Crippen MR) is 171 cm³/mol. The first-order valence-corrected chi connectivity index (χ1v) is 16.1. The first-order chi connectivity index (χ1) is 19.7. The van der Waals surface area contributed by atoms with Crippen LogP contribution in [0.2, 0.25) is 0 Å². The van der Waals surface area contributed by atoms with Crippen LogP contribution in [0, 0.1) is 0 Å². The molecule has 10 aromatic rings. The average molecular weight is 587 g/mol. The molecule has 6 heterocycles. The van der Waals surface area contributed by atoms with Crippen LogP contribution in [0.25, 0.3) is 94.9 Å². The molecule has 0 amide bonds. The Morgan fingerprint density at radius 1 is 0.450 bits per heavy atom. The fourth-order valence-corrected chi connectivity index (χ4v) is 9.18. The molecule has 0 saturated heterocycles. The molecular formula is C32H14N2O2S4. The summed E-state index contributed by atoms with van der Waals surface area (Å²) in [5, 5.41) is 11.4. The molecule has 6 aromatic heterocycles. The van der Waals surface area contributed by atoms with E-state index in [1.165, 1.54) is 40.3 Å². The van der Waals surface area contributed by atoms with Crippen molar-refractivity contribution in [2.75, 3.05) is 0 Å². The molecule has 4 nitrogen and oxygen atoms in total. The van der Waals surface area contributed by atoms with Gasteiger partial charge in [0, 0.05) is 18.8 Å². The van der Waals surface area contributed by atoms with Crippen molar-refractivity contribution in [1.82, 2.24) is 9.97 Å². The highest BCUT2D eigenvalue weighted by Crippen LogP contribution is 2.40. The van der Waals surface area contributed by atoms with Gasteiger partial charge in [-0.25, -0.2) is 9.97 Å². The van der Waals surface area contributed by atoms with Crippen molar-refractivity contribution in [3.05, 3.63) is 83.6 Å². The van der Waals surface area contributed by atoms with Crippen molar-refractivity contribution in [1.29, 1.82) is 0 Å². The molecule has 4 aromatic carbocycles. The van der Waals surface area contributed by atoms with E-state index in [1.54, 1.807) is 45.3 Å². The maximum atomic E-state index is 6.28. The van der Waals surface area contributed by atoms with E-state index in [9.17, 15) is 0 Å². The molecule has 10 rings (SSSR count). The molecule has 0 fully saturated rings. The van der Waals surface area contributed by atoms with Crippen molar-refractivity contribution >= 4 is 119 Å². The Morgan fingerprint density at radius 2 is 0.925 bits per heavy atom. The van der Waals surface area contributed by atoms with Gasteiger partial charge in [-0.05, 0) is 116 Å². The number of thiophene rings is 4. The number of benzene rings is 4. The normalized spacial score (nSPS) is 12.5. The van der Waals surface area contributed by atoms with Crippen LogP contribution in [0.5, 0.6) is 0 Å². The van der Waals surface area contributed by atoms with Gasteiger partial charge < -0.3 is 8.83 Å².